The Hall–Kier alpha value is -1.06. The summed E-state index contributed by atoms with van der Waals surface area (Å²) in [5.74, 6) is -0.820. The van der Waals surface area contributed by atoms with Crippen molar-refractivity contribution in [3.8, 4) is 0 Å². The molecule has 4 nitrogen and oxygen atoms in total. The maximum atomic E-state index is 11.4. The van der Waals surface area contributed by atoms with Gasteiger partial charge in [0.1, 0.15) is 0 Å². The van der Waals surface area contributed by atoms with Crippen LogP contribution in [0.2, 0.25) is 0 Å². The molecular formula is C10H18N2O2. The number of nitrogens with zero attached hydrogens (tertiary/aromatic N) is 2. The van der Waals surface area contributed by atoms with Gasteiger partial charge in [-0.25, -0.2) is 10.0 Å². The van der Waals surface area contributed by atoms with E-state index in [1.807, 2.05) is 41.5 Å². The van der Waals surface area contributed by atoms with E-state index in [1.165, 1.54) is 10.0 Å². The summed E-state index contributed by atoms with van der Waals surface area (Å²) in [6, 6.07) is 0. The average molecular weight is 198 g/mol. The van der Waals surface area contributed by atoms with Crippen LogP contribution >= 0.6 is 0 Å². The average Bonchev–Trinajstić information content (AvgIpc) is 1.93. The summed E-state index contributed by atoms with van der Waals surface area (Å²) in [7, 11) is 0. The molecule has 1 aliphatic rings. The van der Waals surface area contributed by atoms with Gasteiger partial charge in [-0.05, 0) is 41.5 Å². The first kappa shape index (κ1) is 11.0. The van der Waals surface area contributed by atoms with Crippen molar-refractivity contribution in [2.45, 2.75) is 52.6 Å². The van der Waals surface area contributed by atoms with Crippen LogP contribution in [0.15, 0.2) is 0 Å². The van der Waals surface area contributed by atoms with Crippen molar-refractivity contribution >= 4 is 11.8 Å². The number of carbonyl (C=O) groups is 2. The smallest absolute Gasteiger partial charge is 0.261 e. The number of hydrazine groups is 1. The van der Waals surface area contributed by atoms with E-state index in [0.717, 1.165) is 0 Å². The second kappa shape index (κ2) is 2.72. The van der Waals surface area contributed by atoms with Crippen molar-refractivity contribution in [1.82, 2.24) is 10.0 Å². The highest BCUT2D eigenvalue weighted by molar-refractivity contribution is 6.40. The lowest BCUT2D eigenvalue weighted by atomic mass is 10.0. The topological polar surface area (TPSA) is 40.6 Å². The second-order valence-electron chi connectivity index (χ2n) is 5.58. The Kier molecular flexibility index (Phi) is 2.14. The molecule has 0 N–H and O–H groups in total. The summed E-state index contributed by atoms with van der Waals surface area (Å²) in [6.07, 6.45) is 0. The molecule has 14 heavy (non-hydrogen) atoms. The normalized spacial score (nSPS) is 18.7. The van der Waals surface area contributed by atoms with Crippen LogP contribution < -0.4 is 0 Å². The summed E-state index contributed by atoms with van der Waals surface area (Å²) in [4.78, 5) is 22.8. The van der Waals surface area contributed by atoms with Gasteiger partial charge < -0.3 is 0 Å². The van der Waals surface area contributed by atoms with Gasteiger partial charge in [0.15, 0.2) is 0 Å². The van der Waals surface area contributed by atoms with Crippen LogP contribution in [0.25, 0.3) is 0 Å². The molecule has 80 valence electrons. The zero-order valence-corrected chi connectivity index (χ0v) is 9.71. The lowest BCUT2D eigenvalue weighted by Crippen LogP contribution is -2.75. The van der Waals surface area contributed by atoms with Gasteiger partial charge in [0.25, 0.3) is 0 Å². The van der Waals surface area contributed by atoms with Gasteiger partial charge in [-0.15, -0.1) is 0 Å². The Bertz CT molecular complexity index is 253. The molecule has 0 aromatic heterocycles. The predicted molar refractivity (Wildman–Crippen MR) is 53.2 cm³/mol. The van der Waals surface area contributed by atoms with E-state index in [-0.39, 0.29) is 11.1 Å². The van der Waals surface area contributed by atoms with Crippen LogP contribution in [0.1, 0.15) is 41.5 Å². The van der Waals surface area contributed by atoms with Gasteiger partial charge in [0.05, 0.1) is 11.1 Å². The summed E-state index contributed by atoms with van der Waals surface area (Å²) in [5.41, 5.74) is -0.670. The number of hydrogen-bond donors (Lipinski definition) is 0. The molecule has 0 aliphatic carbocycles. The van der Waals surface area contributed by atoms with Crippen molar-refractivity contribution in [2.24, 2.45) is 0 Å². The molecule has 0 saturated carbocycles. The quantitative estimate of drug-likeness (QED) is 0.548. The number of amides is 2. The largest absolute Gasteiger partial charge is 0.333 e. The number of hydrogen-bond acceptors (Lipinski definition) is 2. The van der Waals surface area contributed by atoms with Gasteiger partial charge in [0.2, 0.25) is 0 Å². The minimum Gasteiger partial charge on any atom is -0.261 e. The first-order chi connectivity index (χ1) is 6.07. The third kappa shape index (κ3) is 1.49. The third-order valence-electron chi connectivity index (χ3n) is 2.04. The molecule has 1 heterocycles. The maximum Gasteiger partial charge on any atom is 0.333 e. The SMILES string of the molecule is CC(C)(C)N1C(=O)C(=O)N1C(C)(C)C. The minimum absolute atomic E-state index is 0.335. The summed E-state index contributed by atoms with van der Waals surface area (Å²) in [6.45, 7) is 11.5. The van der Waals surface area contributed by atoms with E-state index in [0.29, 0.717) is 0 Å². The molecule has 0 bridgehead atoms. The molecule has 0 aromatic carbocycles. The molecule has 0 radical (unpaired) electrons. The molecule has 0 spiro atoms. The fourth-order valence-electron chi connectivity index (χ4n) is 1.53. The molecule has 0 aromatic rings. The first-order valence-electron chi connectivity index (χ1n) is 4.75. The Morgan fingerprint density at radius 2 is 0.929 bits per heavy atom. The minimum atomic E-state index is -0.410. The molecule has 1 aliphatic heterocycles. The van der Waals surface area contributed by atoms with Crippen molar-refractivity contribution in [1.29, 1.82) is 0 Å². The van der Waals surface area contributed by atoms with Crippen LogP contribution in [0.4, 0.5) is 0 Å². The predicted octanol–water partition coefficient (Wildman–Crippen LogP) is 1.17. The van der Waals surface area contributed by atoms with Crippen LogP contribution in [0.5, 0.6) is 0 Å². The molecule has 2 amide bonds. The van der Waals surface area contributed by atoms with Gasteiger partial charge in [-0.1, -0.05) is 0 Å². The molecule has 1 fully saturated rings. The first-order valence-corrected chi connectivity index (χ1v) is 4.75. The Balaban J connectivity index is 2.98. The molecule has 4 heteroatoms. The van der Waals surface area contributed by atoms with E-state index in [2.05, 4.69) is 0 Å². The molecule has 1 rings (SSSR count). The van der Waals surface area contributed by atoms with E-state index in [4.69, 9.17) is 0 Å². The van der Waals surface area contributed by atoms with Crippen molar-refractivity contribution < 1.29 is 9.59 Å². The zero-order chi connectivity index (χ0) is 11.3. The van der Waals surface area contributed by atoms with E-state index in [1.54, 1.807) is 0 Å². The van der Waals surface area contributed by atoms with Crippen molar-refractivity contribution in [3.05, 3.63) is 0 Å². The summed E-state index contributed by atoms with van der Waals surface area (Å²) < 4.78 is 0. The molecule has 0 unspecified atom stereocenters. The fourth-order valence-corrected chi connectivity index (χ4v) is 1.53. The molecule has 1 saturated heterocycles. The second-order valence-corrected chi connectivity index (χ2v) is 5.58. The fraction of sp³-hybridized carbons (Fsp3) is 0.800. The van der Waals surface area contributed by atoms with Crippen LogP contribution in [0, 0.1) is 0 Å². The van der Waals surface area contributed by atoms with Crippen LogP contribution in [-0.4, -0.2) is 32.9 Å². The van der Waals surface area contributed by atoms with Crippen molar-refractivity contribution in [3.63, 3.8) is 0 Å². The summed E-state index contributed by atoms with van der Waals surface area (Å²) >= 11 is 0. The highest BCUT2D eigenvalue weighted by Gasteiger charge is 2.53. The number of carbonyl (C=O) groups excluding carboxylic acids is 2. The van der Waals surface area contributed by atoms with Gasteiger partial charge in [-0.2, -0.15) is 0 Å². The van der Waals surface area contributed by atoms with Crippen LogP contribution in [-0.2, 0) is 9.59 Å². The Morgan fingerprint density at radius 1 is 0.714 bits per heavy atom. The highest BCUT2D eigenvalue weighted by Crippen LogP contribution is 2.31. The lowest BCUT2D eigenvalue weighted by molar-refractivity contribution is -0.218. The maximum absolute atomic E-state index is 11.4. The van der Waals surface area contributed by atoms with E-state index < -0.39 is 11.8 Å². The Labute approximate surface area is 84.8 Å². The molecule has 0 atom stereocenters. The van der Waals surface area contributed by atoms with Gasteiger partial charge >= 0.3 is 11.8 Å². The van der Waals surface area contributed by atoms with Crippen LogP contribution in [0.3, 0.4) is 0 Å². The standard InChI is InChI=1S/C10H18N2O2/c1-9(2,3)11-7(13)8(14)12(11)10(4,5)6/h1-6H3. The zero-order valence-electron chi connectivity index (χ0n) is 9.71. The third-order valence-corrected chi connectivity index (χ3v) is 2.04. The summed E-state index contributed by atoms with van der Waals surface area (Å²) in [5, 5.41) is 3.05. The van der Waals surface area contributed by atoms with Crippen molar-refractivity contribution in [2.75, 3.05) is 0 Å². The Morgan fingerprint density at radius 3 is 1.07 bits per heavy atom. The molecular weight excluding hydrogens is 180 g/mol. The lowest BCUT2D eigenvalue weighted by Gasteiger charge is -2.55. The highest BCUT2D eigenvalue weighted by atomic mass is 16.2. The van der Waals surface area contributed by atoms with E-state index >= 15 is 0 Å². The van der Waals surface area contributed by atoms with E-state index in [9.17, 15) is 9.59 Å². The number of rotatable bonds is 0. The van der Waals surface area contributed by atoms with Gasteiger partial charge in [0, 0.05) is 0 Å². The van der Waals surface area contributed by atoms with Gasteiger partial charge in [-0.3, -0.25) is 9.59 Å². The monoisotopic (exact) mass is 198 g/mol.